The number of hydroxylamine groups is 1. The van der Waals surface area contributed by atoms with Gasteiger partial charge in [-0.1, -0.05) is 71.7 Å². The Labute approximate surface area is 215 Å². The van der Waals surface area contributed by atoms with Crippen LogP contribution in [-0.2, 0) is 19.7 Å². The first kappa shape index (κ1) is 25.4. The summed E-state index contributed by atoms with van der Waals surface area (Å²) in [4.78, 5) is 18.1. The van der Waals surface area contributed by atoms with E-state index in [-0.39, 0.29) is 16.9 Å². The minimum absolute atomic E-state index is 0.166. The first-order valence-electron chi connectivity index (χ1n) is 10.9. The molecule has 1 amide bonds. The highest BCUT2D eigenvalue weighted by molar-refractivity contribution is 7.89. The number of rotatable bonds is 6. The molecule has 1 aliphatic rings. The molecular weight excluding hydrogens is 507 g/mol. The standard InChI is InChI=1S/C26H24Cl2N2O4S/c1-17-6-3-4-9-24(17)35(32,33)30-23(18-10-12-20(27)13-11-18)15-14-22(26(31)29-34-2)25(30)19-7-5-8-21(28)16-19/h3-14,16,23,25H,15H2,1-2H3,(H,29,31). The monoisotopic (exact) mass is 530 g/mol. The third-order valence-electron chi connectivity index (χ3n) is 5.94. The van der Waals surface area contributed by atoms with E-state index in [0.29, 0.717) is 21.2 Å². The minimum Gasteiger partial charge on any atom is -0.277 e. The van der Waals surface area contributed by atoms with Gasteiger partial charge < -0.3 is 0 Å². The number of benzene rings is 3. The average Bonchev–Trinajstić information content (AvgIpc) is 2.84. The van der Waals surface area contributed by atoms with Gasteiger partial charge in [0.15, 0.2) is 0 Å². The summed E-state index contributed by atoms with van der Waals surface area (Å²) < 4.78 is 30.1. The number of hydrogen-bond acceptors (Lipinski definition) is 4. The summed E-state index contributed by atoms with van der Waals surface area (Å²) in [7, 11) is -2.77. The van der Waals surface area contributed by atoms with Crippen LogP contribution in [0.1, 0.15) is 35.2 Å². The van der Waals surface area contributed by atoms with Crippen LogP contribution in [-0.4, -0.2) is 25.7 Å². The van der Waals surface area contributed by atoms with E-state index < -0.39 is 28.0 Å². The van der Waals surface area contributed by atoms with Crippen molar-refractivity contribution < 1.29 is 18.0 Å². The Balaban J connectivity index is 1.99. The fourth-order valence-electron chi connectivity index (χ4n) is 4.38. The molecule has 0 aromatic heterocycles. The number of halogens is 2. The van der Waals surface area contributed by atoms with E-state index in [2.05, 4.69) is 5.48 Å². The second-order valence-corrected chi connectivity index (χ2v) is 10.8. The molecule has 1 N–H and O–H groups in total. The third kappa shape index (κ3) is 5.15. The van der Waals surface area contributed by atoms with Gasteiger partial charge in [0, 0.05) is 15.6 Å². The maximum Gasteiger partial charge on any atom is 0.272 e. The fraction of sp³-hybridized carbons (Fsp3) is 0.192. The lowest BCUT2D eigenvalue weighted by atomic mass is 9.89. The molecule has 3 aromatic carbocycles. The summed E-state index contributed by atoms with van der Waals surface area (Å²) >= 11 is 12.4. The van der Waals surface area contributed by atoms with Gasteiger partial charge in [-0.3, -0.25) is 9.63 Å². The molecule has 0 radical (unpaired) electrons. The minimum atomic E-state index is -4.10. The van der Waals surface area contributed by atoms with Gasteiger partial charge in [-0.2, -0.15) is 4.31 Å². The van der Waals surface area contributed by atoms with Crippen molar-refractivity contribution in [2.75, 3.05) is 7.11 Å². The van der Waals surface area contributed by atoms with E-state index in [1.807, 2.05) is 0 Å². The van der Waals surface area contributed by atoms with Crippen LogP contribution < -0.4 is 5.48 Å². The predicted octanol–water partition coefficient (Wildman–Crippen LogP) is 5.78. The molecule has 1 heterocycles. The SMILES string of the molecule is CONC(=O)C1=CCC(c2ccc(Cl)cc2)N(S(=O)(=O)c2ccccc2C)C1c1cccc(Cl)c1. The lowest BCUT2D eigenvalue weighted by Gasteiger charge is -2.41. The molecule has 0 spiro atoms. The Morgan fingerprint density at radius 3 is 2.34 bits per heavy atom. The summed E-state index contributed by atoms with van der Waals surface area (Å²) in [5.74, 6) is -0.531. The highest BCUT2D eigenvalue weighted by atomic mass is 35.5. The third-order valence-corrected chi connectivity index (χ3v) is 8.46. The molecule has 1 aliphatic heterocycles. The van der Waals surface area contributed by atoms with Crippen molar-refractivity contribution in [1.29, 1.82) is 0 Å². The maximum absolute atomic E-state index is 14.3. The second kappa shape index (κ2) is 10.5. The summed E-state index contributed by atoms with van der Waals surface area (Å²) in [6.07, 6.45) is 2.03. The van der Waals surface area contributed by atoms with E-state index in [4.69, 9.17) is 28.0 Å². The van der Waals surface area contributed by atoms with E-state index in [0.717, 1.165) is 5.56 Å². The van der Waals surface area contributed by atoms with E-state index in [1.54, 1.807) is 85.8 Å². The molecule has 35 heavy (non-hydrogen) atoms. The zero-order valence-corrected chi connectivity index (χ0v) is 21.4. The molecule has 182 valence electrons. The number of amides is 1. The van der Waals surface area contributed by atoms with Gasteiger partial charge in [-0.05, 0) is 60.4 Å². The number of hydrogen-bond donors (Lipinski definition) is 1. The van der Waals surface area contributed by atoms with Crippen LogP contribution >= 0.6 is 23.2 Å². The zero-order valence-electron chi connectivity index (χ0n) is 19.1. The molecule has 0 saturated carbocycles. The number of carbonyl (C=O) groups excluding carboxylic acids is 1. The molecule has 0 bridgehead atoms. The van der Waals surface area contributed by atoms with Gasteiger partial charge in [0.05, 0.1) is 24.1 Å². The lowest BCUT2D eigenvalue weighted by Crippen LogP contribution is -2.44. The largest absolute Gasteiger partial charge is 0.277 e. The van der Waals surface area contributed by atoms with Crippen LogP contribution in [0.4, 0.5) is 0 Å². The first-order valence-corrected chi connectivity index (χ1v) is 13.1. The van der Waals surface area contributed by atoms with Crippen LogP contribution in [0.3, 0.4) is 0 Å². The molecule has 9 heteroatoms. The number of aryl methyl sites for hydroxylation is 1. The van der Waals surface area contributed by atoms with Crippen LogP contribution in [0.15, 0.2) is 89.3 Å². The molecule has 2 atom stereocenters. The number of nitrogens with one attached hydrogen (secondary N) is 1. The van der Waals surface area contributed by atoms with E-state index in [9.17, 15) is 13.2 Å². The maximum atomic E-state index is 14.3. The summed E-state index contributed by atoms with van der Waals surface area (Å²) in [5, 5.41) is 0.968. The van der Waals surface area contributed by atoms with Crippen LogP contribution in [0.25, 0.3) is 0 Å². The molecule has 4 rings (SSSR count). The molecule has 0 saturated heterocycles. The van der Waals surface area contributed by atoms with Crippen molar-refractivity contribution >= 4 is 39.1 Å². The Morgan fingerprint density at radius 2 is 1.69 bits per heavy atom. The summed E-state index contributed by atoms with van der Waals surface area (Å²) in [6, 6.07) is 19.1. The molecular formula is C26H24Cl2N2O4S. The normalized spacial score (nSPS) is 18.7. The summed E-state index contributed by atoms with van der Waals surface area (Å²) in [6.45, 7) is 1.75. The van der Waals surface area contributed by atoms with Gasteiger partial charge in [0.1, 0.15) is 0 Å². The highest BCUT2D eigenvalue weighted by Gasteiger charge is 2.45. The second-order valence-electron chi connectivity index (χ2n) is 8.16. The van der Waals surface area contributed by atoms with Crippen molar-refractivity contribution in [2.45, 2.75) is 30.3 Å². The smallest absolute Gasteiger partial charge is 0.272 e. The first-order chi connectivity index (χ1) is 16.7. The van der Waals surface area contributed by atoms with Gasteiger partial charge in [-0.15, -0.1) is 0 Å². The Morgan fingerprint density at radius 1 is 0.971 bits per heavy atom. The fourth-order valence-corrected chi connectivity index (χ4v) is 6.71. The predicted molar refractivity (Wildman–Crippen MR) is 136 cm³/mol. The van der Waals surface area contributed by atoms with Crippen LogP contribution in [0, 0.1) is 6.92 Å². The average molecular weight is 531 g/mol. The Kier molecular flexibility index (Phi) is 7.64. The van der Waals surface area contributed by atoms with Crippen LogP contribution in [0.2, 0.25) is 10.0 Å². The molecule has 6 nitrogen and oxygen atoms in total. The molecule has 3 aromatic rings. The van der Waals surface area contributed by atoms with Crippen molar-refractivity contribution in [2.24, 2.45) is 0 Å². The molecule has 0 fully saturated rings. The van der Waals surface area contributed by atoms with Crippen molar-refractivity contribution in [1.82, 2.24) is 9.79 Å². The Hall–Kier alpha value is -2.68. The lowest BCUT2D eigenvalue weighted by molar-refractivity contribution is -0.128. The van der Waals surface area contributed by atoms with E-state index in [1.165, 1.54) is 11.4 Å². The van der Waals surface area contributed by atoms with Gasteiger partial charge >= 0.3 is 0 Å². The van der Waals surface area contributed by atoms with Crippen LogP contribution in [0.5, 0.6) is 0 Å². The molecule has 0 aliphatic carbocycles. The number of nitrogens with zero attached hydrogens (tertiary/aromatic N) is 1. The van der Waals surface area contributed by atoms with Gasteiger partial charge in [-0.25, -0.2) is 13.9 Å². The zero-order chi connectivity index (χ0) is 25.2. The van der Waals surface area contributed by atoms with Gasteiger partial charge in [0.25, 0.3) is 5.91 Å². The summed E-state index contributed by atoms with van der Waals surface area (Å²) in [5.41, 5.74) is 4.50. The topological polar surface area (TPSA) is 75.7 Å². The molecule has 2 unspecified atom stereocenters. The number of sulfonamides is 1. The van der Waals surface area contributed by atoms with Crippen molar-refractivity contribution in [3.63, 3.8) is 0 Å². The highest BCUT2D eigenvalue weighted by Crippen LogP contribution is 2.46. The van der Waals surface area contributed by atoms with Crippen molar-refractivity contribution in [3.8, 4) is 0 Å². The van der Waals surface area contributed by atoms with Crippen molar-refractivity contribution in [3.05, 3.63) is 111 Å². The van der Waals surface area contributed by atoms with Gasteiger partial charge in [0.2, 0.25) is 10.0 Å². The number of carbonyl (C=O) groups is 1. The quantitative estimate of drug-likeness (QED) is 0.409. The van der Waals surface area contributed by atoms with E-state index >= 15 is 0 Å². The Bertz CT molecular complexity index is 1370.